The molecular formula is C19H16N4O2S3. The molecule has 0 aliphatic heterocycles. The third kappa shape index (κ3) is 4.27. The smallest absolute Gasteiger partial charge is 0.267 e. The first-order valence-electron chi connectivity index (χ1n) is 8.54. The molecule has 0 saturated heterocycles. The van der Waals surface area contributed by atoms with E-state index in [0.717, 1.165) is 21.5 Å². The first-order chi connectivity index (χ1) is 13.6. The third-order valence-corrected chi connectivity index (χ3v) is 6.60. The zero-order valence-corrected chi connectivity index (χ0v) is 17.3. The molecular weight excluding hydrogens is 412 g/mol. The Morgan fingerprint density at radius 2 is 1.93 bits per heavy atom. The van der Waals surface area contributed by atoms with E-state index in [4.69, 9.17) is 0 Å². The summed E-state index contributed by atoms with van der Waals surface area (Å²) in [6.45, 7) is 2.00. The molecule has 0 spiro atoms. The maximum absolute atomic E-state index is 12.3. The first kappa shape index (κ1) is 18.7. The Morgan fingerprint density at radius 1 is 1.04 bits per heavy atom. The number of aryl methyl sites for hydroxylation is 2. The number of anilines is 2. The second-order valence-corrected chi connectivity index (χ2v) is 8.90. The van der Waals surface area contributed by atoms with Crippen molar-refractivity contribution in [2.24, 2.45) is 0 Å². The number of hydrogen-bond donors (Lipinski definition) is 2. The molecule has 0 bridgehead atoms. The predicted octanol–water partition coefficient (Wildman–Crippen LogP) is 4.95. The summed E-state index contributed by atoms with van der Waals surface area (Å²) in [6.07, 6.45) is 0.804. The van der Waals surface area contributed by atoms with Crippen LogP contribution in [0.15, 0.2) is 41.1 Å². The van der Waals surface area contributed by atoms with Crippen LogP contribution in [0.4, 0.5) is 10.3 Å². The van der Waals surface area contributed by atoms with Gasteiger partial charge in [-0.3, -0.25) is 14.9 Å². The van der Waals surface area contributed by atoms with Crippen LogP contribution in [-0.2, 0) is 11.2 Å². The molecule has 3 aromatic heterocycles. The van der Waals surface area contributed by atoms with Gasteiger partial charge in [-0.2, -0.15) is 0 Å². The van der Waals surface area contributed by atoms with Gasteiger partial charge in [0.25, 0.3) is 5.91 Å². The molecule has 0 aliphatic rings. The van der Waals surface area contributed by atoms with Crippen molar-refractivity contribution >= 4 is 66.3 Å². The largest absolute Gasteiger partial charge is 0.302 e. The number of carbonyl (C=O) groups excluding carboxylic acids is 2. The average Bonchev–Trinajstić information content (AvgIpc) is 3.41. The maximum atomic E-state index is 12.3. The van der Waals surface area contributed by atoms with Gasteiger partial charge >= 0.3 is 0 Å². The molecule has 3 heterocycles. The van der Waals surface area contributed by atoms with Crippen LogP contribution in [0.2, 0.25) is 0 Å². The highest BCUT2D eigenvalue weighted by atomic mass is 32.1. The quantitative estimate of drug-likeness (QED) is 0.455. The minimum Gasteiger partial charge on any atom is -0.302 e. The summed E-state index contributed by atoms with van der Waals surface area (Å²) in [5.74, 6) is -0.270. The van der Waals surface area contributed by atoms with E-state index in [1.807, 2.05) is 41.9 Å². The first-order valence-corrected chi connectivity index (χ1v) is 11.1. The fraction of sp³-hybridized carbons (Fsp3) is 0.158. The molecule has 142 valence electrons. The maximum Gasteiger partial charge on any atom is 0.267 e. The number of benzene rings is 1. The van der Waals surface area contributed by atoms with Crippen LogP contribution in [0.25, 0.3) is 10.2 Å². The number of fused-ring (bicyclic) bond motifs is 1. The summed E-state index contributed by atoms with van der Waals surface area (Å²) in [4.78, 5) is 33.8. The van der Waals surface area contributed by atoms with Gasteiger partial charge in [0.1, 0.15) is 0 Å². The van der Waals surface area contributed by atoms with Crippen LogP contribution in [0.1, 0.15) is 27.3 Å². The van der Waals surface area contributed by atoms with Crippen molar-refractivity contribution in [3.8, 4) is 0 Å². The normalized spacial score (nSPS) is 10.9. The van der Waals surface area contributed by atoms with Gasteiger partial charge < -0.3 is 5.32 Å². The monoisotopic (exact) mass is 428 g/mol. The van der Waals surface area contributed by atoms with Crippen molar-refractivity contribution in [3.05, 3.63) is 57.2 Å². The predicted molar refractivity (Wildman–Crippen MR) is 116 cm³/mol. The Bertz CT molecular complexity index is 1130. The molecule has 6 nitrogen and oxygen atoms in total. The number of nitrogens with zero attached hydrogens (tertiary/aromatic N) is 2. The summed E-state index contributed by atoms with van der Waals surface area (Å²) in [5.41, 5.74) is 2.80. The Hall–Kier alpha value is -2.62. The van der Waals surface area contributed by atoms with Crippen molar-refractivity contribution in [2.45, 2.75) is 19.8 Å². The third-order valence-electron chi connectivity index (χ3n) is 3.99. The van der Waals surface area contributed by atoms with Gasteiger partial charge in [0.05, 0.1) is 20.8 Å². The van der Waals surface area contributed by atoms with E-state index >= 15 is 0 Å². The zero-order chi connectivity index (χ0) is 19.5. The molecule has 4 aromatic rings. The lowest BCUT2D eigenvalue weighted by molar-refractivity contribution is -0.116. The Labute approximate surface area is 173 Å². The van der Waals surface area contributed by atoms with E-state index in [9.17, 15) is 9.59 Å². The number of thiazole rings is 2. The number of aromatic nitrogens is 2. The topological polar surface area (TPSA) is 84.0 Å². The van der Waals surface area contributed by atoms with Crippen LogP contribution in [0, 0.1) is 6.92 Å². The zero-order valence-electron chi connectivity index (χ0n) is 14.9. The second kappa shape index (κ2) is 8.17. The number of thiophene rings is 1. The van der Waals surface area contributed by atoms with Crippen molar-refractivity contribution < 1.29 is 9.59 Å². The fourth-order valence-electron chi connectivity index (χ4n) is 2.61. The van der Waals surface area contributed by atoms with E-state index in [2.05, 4.69) is 20.6 Å². The summed E-state index contributed by atoms with van der Waals surface area (Å²) in [5, 5.41) is 10.5. The molecule has 0 radical (unpaired) electrons. The summed E-state index contributed by atoms with van der Waals surface area (Å²) in [6, 6.07) is 9.58. The van der Waals surface area contributed by atoms with Crippen LogP contribution in [0.5, 0.6) is 0 Å². The minimum atomic E-state index is -0.167. The van der Waals surface area contributed by atoms with E-state index < -0.39 is 0 Å². The molecule has 0 unspecified atom stereocenters. The summed E-state index contributed by atoms with van der Waals surface area (Å²) < 4.78 is 1.06. The SMILES string of the molecule is Cc1cccc2sc(NC(=O)CCc3csc(NC(=O)c4cccs4)n3)nc12. The van der Waals surface area contributed by atoms with Gasteiger partial charge in [-0.05, 0) is 36.4 Å². The van der Waals surface area contributed by atoms with E-state index in [0.29, 0.717) is 28.0 Å². The molecule has 28 heavy (non-hydrogen) atoms. The molecule has 4 rings (SSSR count). The molecule has 2 N–H and O–H groups in total. The van der Waals surface area contributed by atoms with Crippen LogP contribution >= 0.6 is 34.0 Å². The van der Waals surface area contributed by atoms with Crippen molar-refractivity contribution in [3.63, 3.8) is 0 Å². The van der Waals surface area contributed by atoms with Gasteiger partial charge in [0.15, 0.2) is 10.3 Å². The van der Waals surface area contributed by atoms with Gasteiger partial charge in [0, 0.05) is 11.8 Å². The summed E-state index contributed by atoms with van der Waals surface area (Å²) >= 11 is 4.20. The highest BCUT2D eigenvalue weighted by molar-refractivity contribution is 7.22. The number of hydrogen-bond acceptors (Lipinski definition) is 7. The van der Waals surface area contributed by atoms with Crippen LogP contribution < -0.4 is 10.6 Å². The number of carbonyl (C=O) groups is 2. The highest BCUT2D eigenvalue weighted by Crippen LogP contribution is 2.28. The molecule has 0 saturated carbocycles. The van der Waals surface area contributed by atoms with Crippen LogP contribution in [0.3, 0.4) is 0 Å². The van der Waals surface area contributed by atoms with E-state index in [-0.39, 0.29) is 11.8 Å². The summed E-state index contributed by atoms with van der Waals surface area (Å²) in [7, 11) is 0. The number of nitrogens with one attached hydrogen (secondary N) is 2. The van der Waals surface area contributed by atoms with Gasteiger partial charge in [-0.1, -0.05) is 29.5 Å². The van der Waals surface area contributed by atoms with Crippen molar-refractivity contribution in [1.82, 2.24) is 9.97 Å². The average molecular weight is 429 g/mol. The Kier molecular flexibility index (Phi) is 5.47. The number of amides is 2. The van der Waals surface area contributed by atoms with Crippen molar-refractivity contribution in [1.29, 1.82) is 0 Å². The highest BCUT2D eigenvalue weighted by Gasteiger charge is 2.12. The Morgan fingerprint density at radius 3 is 2.71 bits per heavy atom. The van der Waals surface area contributed by atoms with Gasteiger partial charge in [-0.15, -0.1) is 22.7 Å². The van der Waals surface area contributed by atoms with Gasteiger partial charge in [0.2, 0.25) is 5.91 Å². The fourth-order valence-corrected chi connectivity index (χ4v) is 4.93. The lowest BCUT2D eigenvalue weighted by atomic mass is 10.2. The number of para-hydroxylation sites is 1. The van der Waals surface area contributed by atoms with E-state index in [1.165, 1.54) is 34.0 Å². The molecule has 0 atom stereocenters. The second-order valence-electron chi connectivity index (χ2n) is 6.06. The molecule has 9 heteroatoms. The van der Waals surface area contributed by atoms with E-state index in [1.54, 1.807) is 6.07 Å². The van der Waals surface area contributed by atoms with Crippen LogP contribution in [-0.4, -0.2) is 21.8 Å². The van der Waals surface area contributed by atoms with Gasteiger partial charge in [-0.25, -0.2) is 9.97 Å². The van der Waals surface area contributed by atoms with Crippen molar-refractivity contribution in [2.75, 3.05) is 10.6 Å². The Balaban J connectivity index is 1.31. The lowest BCUT2D eigenvalue weighted by Crippen LogP contribution is -2.12. The molecule has 2 amide bonds. The lowest BCUT2D eigenvalue weighted by Gasteiger charge is -2.00. The molecule has 1 aromatic carbocycles. The minimum absolute atomic E-state index is 0.103. The molecule has 0 aliphatic carbocycles. The number of rotatable bonds is 6. The molecule has 0 fully saturated rings. The standard InChI is InChI=1S/C19H16N4O2S3/c1-11-4-2-5-13-16(11)22-19(28-13)21-15(24)8-7-12-10-27-18(20-12)23-17(25)14-6-3-9-26-14/h2-6,9-10H,7-8H2,1H3,(H,20,23,25)(H,21,22,24).